The summed E-state index contributed by atoms with van der Waals surface area (Å²) in [6, 6.07) is 15.1. The van der Waals surface area contributed by atoms with E-state index in [2.05, 4.69) is 4.99 Å². The standard InChI is InChI=1S/C14H12ClNO/c1-17-14-4-2-3-13(9-14)16-10-11-5-7-12(15)8-6-11/h2-10H,1H3. The molecule has 0 spiro atoms. The Morgan fingerprint density at radius 1 is 1.12 bits per heavy atom. The van der Waals surface area contributed by atoms with Crippen molar-refractivity contribution < 1.29 is 4.74 Å². The molecule has 0 aliphatic rings. The maximum Gasteiger partial charge on any atom is 0.121 e. The van der Waals surface area contributed by atoms with E-state index >= 15 is 0 Å². The van der Waals surface area contributed by atoms with E-state index in [0.717, 1.165) is 22.0 Å². The van der Waals surface area contributed by atoms with Crippen LogP contribution in [-0.4, -0.2) is 13.3 Å². The second-order valence-corrected chi connectivity index (χ2v) is 3.95. The SMILES string of the molecule is COc1cccc(N=Cc2ccc(Cl)cc2)c1. The summed E-state index contributed by atoms with van der Waals surface area (Å²) in [7, 11) is 1.64. The molecule has 2 aromatic rings. The maximum absolute atomic E-state index is 5.81. The van der Waals surface area contributed by atoms with Crippen LogP contribution in [0.25, 0.3) is 0 Å². The van der Waals surface area contributed by atoms with Gasteiger partial charge in [-0.05, 0) is 29.8 Å². The van der Waals surface area contributed by atoms with E-state index in [1.165, 1.54) is 0 Å². The average molecular weight is 246 g/mol. The summed E-state index contributed by atoms with van der Waals surface area (Å²) in [5, 5.41) is 0.725. The van der Waals surface area contributed by atoms with Gasteiger partial charge in [-0.1, -0.05) is 29.8 Å². The molecule has 0 amide bonds. The molecule has 0 saturated heterocycles. The lowest BCUT2D eigenvalue weighted by Gasteiger charge is -1.99. The molecular formula is C14H12ClNO. The van der Waals surface area contributed by atoms with Crippen molar-refractivity contribution in [1.82, 2.24) is 0 Å². The minimum Gasteiger partial charge on any atom is -0.497 e. The Bertz CT molecular complexity index is 520. The van der Waals surface area contributed by atoms with Crippen LogP contribution in [0.2, 0.25) is 5.02 Å². The van der Waals surface area contributed by atoms with Gasteiger partial charge in [0, 0.05) is 17.3 Å². The van der Waals surface area contributed by atoms with Gasteiger partial charge in [-0.3, -0.25) is 4.99 Å². The first-order valence-electron chi connectivity index (χ1n) is 5.21. The lowest BCUT2D eigenvalue weighted by atomic mass is 10.2. The highest BCUT2D eigenvalue weighted by molar-refractivity contribution is 6.30. The number of halogens is 1. The third-order valence-corrected chi connectivity index (χ3v) is 2.54. The summed E-state index contributed by atoms with van der Waals surface area (Å²) in [5.41, 5.74) is 1.87. The topological polar surface area (TPSA) is 21.6 Å². The molecule has 0 aliphatic heterocycles. The average Bonchev–Trinajstić information content (AvgIpc) is 2.38. The van der Waals surface area contributed by atoms with Crippen molar-refractivity contribution in [3.05, 3.63) is 59.1 Å². The van der Waals surface area contributed by atoms with Crippen molar-refractivity contribution in [2.24, 2.45) is 4.99 Å². The van der Waals surface area contributed by atoms with Crippen molar-refractivity contribution in [3.8, 4) is 5.75 Å². The van der Waals surface area contributed by atoms with Crippen LogP contribution >= 0.6 is 11.6 Å². The van der Waals surface area contributed by atoms with Crippen molar-refractivity contribution in [3.63, 3.8) is 0 Å². The number of nitrogens with zero attached hydrogens (tertiary/aromatic N) is 1. The monoisotopic (exact) mass is 245 g/mol. The molecule has 0 radical (unpaired) electrons. The third kappa shape index (κ3) is 3.33. The van der Waals surface area contributed by atoms with E-state index < -0.39 is 0 Å². The molecule has 0 saturated carbocycles. The highest BCUT2D eigenvalue weighted by Crippen LogP contribution is 2.19. The Labute approximate surface area is 106 Å². The van der Waals surface area contributed by atoms with Gasteiger partial charge in [-0.25, -0.2) is 0 Å². The van der Waals surface area contributed by atoms with Gasteiger partial charge in [0.05, 0.1) is 12.8 Å². The summed E-state index contributed by atoms with van der Waals surface area (Å²) >= 11 is 5.81. The molecule has 0 atom stereocenters. The van der Waals surface area contributed by atoms with Gasteiger partial charge in [0.2, 0.25) is 0 Å². The first kappa shape index (κ1) is 11.7. The van der Waals surface area contributed by atoms with E-state index in [1.807, 2.05) is 48.5 Å². The summed E-state index contributed by atoms with van der Waals surface area (Å²) in [4.78, 5) is 4.37. The first-order valence-corrected chi connectivity index (χ1v) is 5.59. The molecule has 0 fully saturated rings. The molecule has 0 aliphatic carbocycles. The maximum atomic E-state index is 5.81. The Morgan fingerprint density at radius 2 is 1.88 bits per heavy atom. The lowest BCUT2D eigenvalue weighted by molar-refractivity contribution is 0.415. The number of rotatable bonds is 3. The molecule has 2 nitrogen and oxygen atoms in total. The van der Waals surface area contributed by atoms with Crippen LogP contribution in [0.15, 0.2) is 53.5 Å². The highest BCUT2D eigenvalue weighted by Gasteiger charge is 1.93. The number of hydrogen-bond donors (Lipinski definition) is 0. The highest BCUT2D eigenvalue weighted by atomic mass is 35.5. The van der Waals surface area contributed by atoms with Crippen molar-refractivity contribution in [2.75, 3.05) is 7.11 Å². The molecule has 2 aromatic carbocycles. The van der Waals surface area contributed by atoms with Crippen LogP contribution in [0, 0.1) is 0 Å². The van der Waals surface area contributed by atoms with Gasteiger partial charge in [0.1, 0.15) is 5.75 Å². The fourth-order valence-corrected chi connectivity index (χ4v) is 1.51. The summed E-state index contributed by atoms with van der Waals surface area (Å²) < 4.78 is 5.13. The first-order chi connectivity index (χ1) is 8.28. The largest absolute Gasteiger partial charge is 0.497 e. The smallest absolute Gasteiger partial charge is 0.121 e. The van der Waals surface area contributed by atoms with Crippen LogP contribution in [0.5, 0.6) is 5.75 Å². The molecule has 0 heterocycles. The zero-order chi connectivity index (χ0) is 12.1. The van der Waals surface area contributed by atoms with Gasteiger partial charge in [-0.15, -0.1) is 0 Å². The zero-order valence-electron chi connectivity index (χ0n) is 9.43. The van der Waals surface area contributed by atoms with Gasteiger partial charge in [0.25, 0.3) is 0 Å². The van der Waals surface area contributed by atoms with Gasteiger partial charge >= 0.3 is 0 Å². The number of benzene rings is 2. The van der Waals surface area contributed by atoms with Crippen molar-refractivity contribution >= 4 is 23.5 Å². The van der Waals surface area contributed by atoms with Crippen molar-refractivity contribution in [2.45, 2.75) is 0 Å². The van der Waals surface area contributed by atoms with E-state index in [9.17, 15) is 0 Å². The number of ether oxygens (including phenoxy) is 1. The molecule has 3 heteroatoms. The molecule has 0 N–H and O–H groups in total. The third-order valence-electron chi connectivity index (χ3n) is 2.29. The fraction of sp³-hybridized carbons (Fsp3) is 0.0714. The number of aliphatic imine (C=N–C) groups is 1. The molecular weight excluding hydrogens is 234 g/mol. The van der Waals surface area contributed by atoms with Crippen LogP contribution in [0.3, 0.4) is 0 Å². The number of methoxy groups -OCH3 is 1. The van der Waals surface area contributed by atoms with Crippen LogP contribution in [0.4, 0.5) is 5.69 Å². The lowest BCUT2D eigenvalue weighted by Crippen LogP contribution is -1.82. The van der Waals surface area contributed by atoms with E-state index in [1.54, 1.807) is 13.3 Å². The zero-order valence-corrected chi connectivity index (χ0v) is 10.2. The Hall–Kier alpha value is -1.80. The van der Waals surface area contributed by atoms with E-state index in [0.29, 0.717) is 0 Å². The van der Waals surface area contributed by atoms with E-state index in [-0.39, 0.29) is 0 Å². The molecule has 0 bridgehead atoms. The van der Waals surface area contributed by atoms with Gasteiger partial charge in [0.15, 0.2) is 0 Å². The van der Waals surface area contributed by atoms with Gasteiger partial charge < -0.3 is 4.74 Å². The van der Waals surface area contributed by atoms with Gasteiger partial charge in [-0.2, -0.15) is 0 Å². The summed E-state index contributed by atoms with van der Waals surface area (Å²) in [6.07, 6.45) is 1.80. The van der Waals surface area contributed by atoms with Crippen LogP contribution in [0.1, 0.15) is 5.56 Å². The quantitative estimate of drug-likeness (QED) is 0.746. The molecule has 86 valence electrons. The molecule has 2 rings (SSSR count). The molecule has 17 heavy (non-hydrogen) atoms. The Morgan fingerprint density at radius 3 is 2.59 bits per heavy atom. The minimum atomic E-state index is 0.725. The molecule has 0 unspecified atom stereocenters. The normalized spacial score (nSPS) is 10.7. The summed E-state index contributed by atoms with van der Waals surface area (Å²) in [6.45, 7) is 0. The Balaban J connectivity index is 2.16. The predicted molar refractivity (Wildman–Crippen MR) is 71.7 cm³/mol. The Kier molecular flexibility index (Phi) is 3.78. The summed E-state index contributed by atoms with van der Waals surface area (Å²) in [5.74, 6) is 0.802. The second-order valence-electron chi connectivity index (χ2n) is 3.51. The van der Waals surface area contributed by atoms with E-state index in [4.69, 9.17) is 16.3 Å². The van der Waals surface area contributed by atoms with Crippen LogP contribution < -0.4 is 4.74 Å². The minimum absolute atomic E-state index is 0.725. The van der Waals surface area contributed by atoms with Crippen molar-refractivity contribution in [1.29, 1.82) is 0 Å². The molecule has 0 aromatic heterocycles. The second kappa shape index (κ2) is 5.51. The van der Waals surface area contributed by atoms with Crippen LogP contribution in [-0.2, 0) is 0 Å². The number of hydrogen-bond acceptors (Lipinski definition) is 2. The predicted octanol–water partition coefficient (Wildman–Crippen LogP) is 4.10. The fourth-order valence-electron chi connectivity index (χ4n) is 1.39.